The minimum atomic E-state index is -3.01. The SMILES string of the molecule is CN(C)c1ccc(Cl)cc1NC(=O)c1ccccc1OC(F)F. The topological polar surface area (TPSA) is 41.6 Å². The van der Waals surface area contributed by atoms with Crippen LogP contribution in [0, 0.1) is 0 Å². The number of alkyl halides is 2. The average molecular weight is 341 g/mol. The van der Waals surface area contributed by atoms with Crippen LogP contribution in [0.15, 0.2) is 42.5 Å². The van der Waals surface area contributed by atoms with E-state index in [4.69, 9.17) is 11.6 Å². The fourth-order valence-electron chi connectivity index (χ4n) is 2.04. The Hall–Kier alpha value is -2.34. The van der Waals surface area contributed by atoms with Gasteiger partial charge in [0, 0.05) is 19.1 Å². The lowest BCUT2D eigenvalue weighted by Crippen LogP contribution is -2.18. The Morgan fingerprint density at radius 2 is 1.91 bits per heavy atom. The molecular formula is C16H15ClF2N2O2. The highest BCUT2D eigenvalue weighted by molar-refractivity contribution is 6.31. The van der Waals surface area contributed by atoms with Gasteiger partial charge < -0.3 is 15.0 Å². The molecule has 0 heterocycles. The van der Waals surface area contributed by atoms with Gasteiger partial charge in [0.15, 0.2) is 0 Å². The van der Waals surface area contributed by atoms with Crippen molar-refractivity contribution in [3.05, 3.63) is 53.1 Å². The molecule has 2 rings (SSSR count). The van der Waals surface area contributed by atoms with Crippen LogP contribution in [-0.4, -0.2) is 26.6 Å². The number of benzene rings is 2. The van der Waals surface area contributed by atoms with Crippen molar-refractivity contribution in [2.45, 2.75) is 6.61 Å². The second kappa shape index (κ2) is 7.28. The minimum Gasteiger partial charge on any atom is -0.434 e. The van der Waals surface area contributed by atoms with Crippen molar-refractivity contribution in [2.75, 3.05) is 24.3 Å². The Balaban J connectivity index is 2.32. The molecule has 1 amide bonds. The molecule has 2 aromatic rings. The van der Waals surface area contributed by atoms with Gasteiger partial charge in [0.25, 0.3) is 5.91 Å². The van der Waals surface area contributed by atoms with E-state index in [1.54, 1.807) is 29.2 Å². The van der Waals surface area contributed by atoms with Crippen LogP contribution in [0.25, 0.3) is 0 Å². The smallest absolute Gasteiger partial charge is 0.387 e. The molecule has 1 N–H and O–H groups in total. The van der Waals surface area contributed by atoms with Gasteiger partial charge >= 0.3 is 6.61 Å². The number of nitrogens with zero attached hydrogens (tertiary/aromatic N) is 1. The lowest BCUT2D eigenvalue weighted by Gasteiger charge is -2.18. The molecule has 0 saturated heterocycles. The molecule has 0 atom stereocenters. The molecule has 0 fully saturated rings. The molecule has 0 aliphatic carbocycles. The maximum Gasteiger partial charge on any atom is 0.387 e. The summed E-state index contributed by atoms with van der Waals surface area (Å²) in [5, 5.41) is 3.12. The van der Waals surface area contributed by atoms with Crippen molar-refractivity contribution in [1.82, 2.24) is 0 Å². The Kier molecular flexibility index (Phi) is 5.39. The molecule has 122 valence electrons. The van der Waals surface area contributed by atoms with Crippen molar-refractivity contribution < 1.29 is 18.3 Å². The monoisotopic (exact) mass is 340 g/mol. The van der Waals surface area contributed by atoms with E-state index in [0.717, 1.165) is 5.69 Å². The van der Waals surface area contributed by atoms with E-state index in [2.05, 4.69) is 10.1 Å². The lowest BCUT2D eigenvalue weighted by atomic mass is 10.1. The van der Waals surface area contributed by atoms with Crippen LogP contribution < -0.4 is 15.0 Å². The Bertz CT molecular complexity index is 708. The summed E-state index contributed by atoms with van der Waals surface area (Å²) < 4.78 is 29.2. The molecule has 0 bridgehead atoms. The standard InChI is InChI=1S/C16H15ClF2N2O2/c1-21(2)13-8-7-10(17)9-12(13)20-15(22)11-5-3-4-6-14(11)23-16(18)19/h3-9,16H,1-2H3,(H,20,22). The summed E-state index contributed by atoms with van der Waals surface area (Å²) in [6, 6.07) is 10.8. The highest BCUT2D eigenvalue weighted by atomic mass is 35.5. The van der Waals surface area contributed by atoms with E-state index in [0.29, 0.717) is 10.7 Å². The summed E-state index contributed by atoms with van der Waals surface area (Å²) in [5.74, 6) is -0.750. The summed E-state index contributed by atoms with van der Waals surface area (Å²) in [4.78, 5) is 14.2. The fourth-order valence-corrected chi connectivity index (χ4v) is 2.21. The number of halogens is 3. The number of anilines is 2. The molecule has 4 nitrogen and oxygen atoms in total. The second-order valence-corrected chi connectivity index (χ2v) is 5.32. The number of rotatable bonds is 5. The molecule has 2 aromatic carbocycles. The van der Waals surface area contributed by atoms with Gasteiger partial charge in [-0.25, -0.2) is 0 Å². The van der Waals surface area contributed by atoms with Gasteiger partial charge in [-0.2, -0.15) is 8.78 Å². The van der Waals surface area contributed by atoms with Crippen LogP contribution in [0.3, 0.4) is 0 Å². The van der Waals surface area contributed by atoms with Gasteiger partial charge in [-0.1, -0.05) is 23.7 Å². The van der Waals surface area contributed by atoms with E-state index in [1.807, 2.05) is 14.1 Å². The van der Waals surface area contributed by atoms with E-state index in [9.17, 15) is 13.6 Å². The molecule has 0 aliphatic heterocycles. The molecule has 7 heteroatoms. The van der Waals surface area contributed by atoms with E-state index >= 15 is 0 Å². The first-order valence-electron chi connectivity index (χ1n) is 6.70. The van der Waals surface area contributed by atoms with Gasteiger partial charge in [-0.15, -0.1) is 0 Å². The quantitative estimate of drug-likeness (QED) is 0.884. The maximum absolute atomic E-state index is 12.4. The first kappa shape index (κ1) is 17.0. The number of para-hydroxylation sites is 1. The lowest BCUT2D eigenvalue weighted by molar-refractivity contribution is -0.0501. The molecule has 0 unspecified atom stereocenters. The number of amides is 1. The van der Waals surface area contributed by atoms with Crippen LogP contribution in [0.2, 0.25) is 5.02 Å². The number of carbonyl (C=O) groups excluding carboxylic acids is 1. The fraction of sp³-hybridized carbons (Fsp3) is 0.188. The van der Waals surface area contributed by atoms with Crippen molar-refractivity contribution in [3.8, 4) is 5.75 Å². The predicted octanol–water partition coefficient (Wildman–Crippen LogP) is 4.26. The summed E-state index contributed by atoms with van der Waals surface area (Å²) in [5.41, 5.74) is 1.21. The van der Waals surface area contributed by atoms with Crippen molar-refractivity contribution >= 4 is 28.9 Å². The van der Waals surface area contributed by atoms with Crippen LogP contribution in [-0.2, 0) is 0 Å². The Morgan fingerprint density at radius 1 is 1.22 bits per heavy atom. The average Bonchev–Trinajstić information content (AvgIpc) is 2.46. The van der Waals surface area contributed by atoms with Gasteiger partial charge in [0.2, 0.25) is 0 Å². The number of carbonyl (C=O) groups is 1. The highest BCUT2D eigenvalue weighted by Crippen LogP contribution is 2.29. The first-order chi connectivity index (χ1) is 10.9. The van der Waals surface area contributed by atoms with Crippen molar-refractivity contribution in [1.29, 1.82) is 0 Å². The van der Waals surface area contributed by atoms with Crippen molar-refractivity contribution in [3.63, 3.8) is 0 Å². The number of ether oxygens (including phenoxy) is 1. The minimum absolute atomic E-state index is 0.0116. The summed E-state index contributed by atoms with van der Waals surface area (Å²) >= 11 is 5.96. The Morgan fingerprint density at radius 3 is 2.57 bits per heavy atom. The molecular weight excluding hydrogens is 326 g/mol. The van der Waals surface area contributed by atoms with Crippen LogP contribution in [0.5, 0.6) is 5.75 Å². The third-order valence-corrected chi connectivity index (χ3v) is 3.27. The van der Waals surface area contributed by atoms with Gasteiger partial charge in [0.1, 0.15) is 5.75 Å². The molecule has 0 saturated carbocycles. The maximum atomic E-state index is 12.4. The van der Waals surface area contributed by atoms with Gasteiger partial charge in [-0.05, 0) is 30.3 Å². The van der Waals surface area contributed by atoms with Gasteiger partial charge in [0.05, 0.1) is 16.9 Å². The molecule has 23 heavy (non-hydrogen) atoms. The third kappa shape index (κ3) is 4.32. The Labute approximate surface area is 137 Å². The van der Waals surface area contributed by atoms with Crippen LogP contribution in [0.1, 0.15) is 10.4 Å². The zero-order valence-corrected chi connectivity index (χ0v) is 13.3. The van der Waals surface area contributed by atoms with Crippen molar-refractivity contribution in [2.24, 2.45) is 0 Å². The van der Waals surface area contributed by atoms with E-state index < -0.39 is 12.5 Å². The first-order valence-corrected chi connectivity index (χ1v) is 7.08. The summed E-state index contributed by atoms with van der Waals surface area (Å²) in [7, 11) is 3.62. The number of hydrogen-bond donors (Lipinski definition) is 1. The molecule has 0 radical (unpaired) electrons. The zero-order valence-electron chi connectivity index (χ0n) is 12.5. The number of nitrogens with one attached hydrogen (secondary N) is 1. The summed E-state index contributed by atoms with van der Waals surface area (Å²) in [6.07, 6.45) is 0. The zero-order chi connectivity index (χ0) is 17.0. The largest absolute Gasteiger partial charge is 0.434 e. The normalized spacial score (nSPS) is 10.5. The molecule has 0 aliphatic rings. The predicted molar refractivity (Wildman–Crippen MR) is 86.8 cm³/mol. The number of hydrogen-bond acceptors (Lipinski definition) is 3. The molecule has 0 spiro atoms. The van der Waals surface area contributed by atoms with E-state index in [1.165, 1.54) is 18.2 Å². The third-order valence-electron chi connectivity index (χ3n) is 3.04. The van der Waals surface area contributed by atoms with Gasteiger partial charge in [-0.3, -0.25) is 4.79 Å². The second-order valence-electron chi connectivity index (χ2n) is 4.88. The molecule has 0 aromatic heterocycles. The van der Waals surface area contributed by atoms with Crippen LogP contribution in [0.4, 0.5) is 20.2 Å². The van der Waals surface area contributed by atoms with E-state index in [-0.39, 0.29) is 11.3 Å². The summed E-state index contributed by atoms with van der Waals surface area (Å²) in [6.45, 7) is -3.01. The van der Waals surface area contributed by atoms with Crippen LogP contribution >= 0.6 is 11.6 Å². The highest BCUT2D eigenvalue weighted by Gasteiger charge is 2.17.